The van der Waals surface area contributed by atoms with Crippen LogP contribution in [0.25, 0.3) is 0 Å². The van der Waals surface area contributed by atoms with Crippen LogP contribution in [0.4, 0.5) is 0 Å². The van der Waals surface area contributed by atoms with Gasteiger partial charge in [-0.1, -0.05) is 64.6 Å². The molecule has 0 aromatic rings. The summed E-state index contributed by atoms with van der Waals surface area (Å²) in [5.41, 5.74) is 0. The minimum Gasteiger partial charge on any atom is -0.520 e. The van der Waals surface area contributed by atoms with Crippen LogP contribution in [0.3, 0.4) is 0 Å². The molecule has 0 radical (unpaired) electrons. The number of hydrogen-bond acceptors (Lipinski definition) is 3. The monoisotopic (exact) mass is 359 g/mol. The maximum atomic E-state index is 11.6. The Morgan fingerprint density at radius 1 is 0.739 bits per heavy atom. The van der Waals surface area contributed by atoms with Gasteiger partial charge in [-0.05, 0) is 39.0 Å². The van der Waals surface area contributed by atoms with Gasteiger partial charge in [0.1, 0.15) is 8.24 Å². The molecule has 0 fully saturated rings. The Morgan fingerprint density at radius 3 is 1.61 bits per heavy atom. The van der Waals surface area contributed by atoms with Crippen molar-refractivity contribution in [2.45, 2.75) is 103 Å². The highest BCUT2D eigenvalue weighted by atomic mass is 28.4. The number of unbranched alkanes of at least 4 members (excludes halogenated alkanes) is 8. The Hall–Kier alpha value is -0.136. The second-order valence-corrected chi connectivity index (χ2v) is 18.0. The summed E-state index contributed by atoms with van der Waals surface area (Å²) >= 11 is 0. The van der Waals surface area contributed by atoms with Crippen molar-refractivity contribution >= 4 is 22.5 Å². The van der Waals surface area contributed by atoms with E-state index < -0.39 is 16.6 Å². The third-order valence-corrected chi connectivity index (χ3v) is 5.78. The SMILES string of the molecule is C[Si](C)(C)NCCCCCCCCCCCC(=O)O[Si](C)(C)C. The summed E-state index contributed by atoms with van der Waals surface area (Å²) in [5, 5.41) is 0. The number of carbonyl (C=O) groups is 1. The third kappa shape index (κ3) is 19.8. The van der Waals surface area contributed by atoms with E-state index in [0.29, 0.717) is 6.42 Å². The van der Waals surface area contributed by atoms with E-state index in [1.165, 1.54) is 57.9 Å². The molecule has 0 saturated heterocycles. The van der Waals surface area contributed by atoms with E-state index in [0.717, 1.165) is 6.42 Å². The highest BCUT2D eigenvalue weighted by molar-refractivity contribution is 6.73. The molecule has 0 spiro atoms. The van der Waals surface area contributed by atoms with Crippen LogP contribution >= 0.6 is 0 Å². The van der Waals surface area contributed by atoms with Gasteiger partial charge in [-0.3, -0.25) is 4.79 Å². The Labute approximate surface area is 147 Å². The van der Waals surface area contributed by atoms with E-state index in [1.54, 1.807) is 0 Å². The number of hydrogen-bond donors (Lipinski definition) is 1. The van der Waals surface area contributed by atoms with Crippen molar-refractivity contribution in [3.63, 3.8) is 0 Å². The maximum Gasteiger partial charge on any atom is 0.292 e. The highest BCUT2D eigenvalue weighted by Crippen LogP contribution is 2.12. The quantitative estimate of drug-likeness (QED) is 0.320. The first-order chi connectivity index (χ1) is 10.6. The normalized spacial score (nSPS) is 12.4. The van der Waals surface area contributed by atoms with Crippen molar-refractivity contribution in [2.24, 2.45) is 0 Å². The van der Waals surface area contributed by atoms with Crippen LogP contribution in [0.1, 0.15) is 64.2 Å². The van der Waals surface area contributed by atoms with E-state index in [1.807, 2.05) is 0 Å². The van der Waals surface area contributed by atoms with Crippen LogP contribution in [0.15, 0.2) is 0 Å². The van der Waals surface area contributed by atoms with Crippen LogP contribution in [0, 0.1) is 0 Å². The third-order valence-electron chi connectivity index (χ3n) is 3.63. The minimum atomic E-state index is -1.68. The standard InChI is InChI=1S/C18H41NO2Si2/c1-22(2,3)19-17-15-13-11-9-7-8-10-12-14-16-18(20)21-23(4,5)6/h19H,7-17H2,1-6H3. The maximum absolute atomic E-state index is 11.6. The fourth-order valence-electron chi connectivity index (χ4n) is 2.49. The van der Waals surface area contributed by atoms with Crippen LogP contribution in [-0.4, -0.2) is 29.1 Å². The second kappa shape index (κ2) is 12.3. The van der Waals surface area contributed by atoms with Gasteiger partial charge in [-0.15, -0.1) is 0 Å². The van der Waals surface area contributed by atoms with Crippen LogP contribution in [-0.2, 0) is 9.22 Å². The highest BCUT2D eigenvalue weighted by Gasteiger charge is 2.19. The second-order valence-electron chi connectivity index (χ2n) is 8.70. The summed E-state index contributed by atoms with van der Waals surface area (Å²) in [5.74, 6) is 0.0103. The zero-order valence-electron chi connectivity index (χ0n) is 16.6. The van der Waals surface area contributed by atoms with Crippen LogP contribution < -0.4 is 4.98 Å². The summed E-state index contributed by atoms with van der Waals surface area (Å²) in [6.07, 6.45) is 12.1. The number of nitrogens with one attached hydrogen (secondary N) is 1. The molecule has 0 rings (SSSR count). The summed E-state index contributed by atoms with van der Waals surface area (Å²) in [6, 6.07) is 0. The smallest absolute Gasteiger partial charge is 0.292 e. The van der Waals surface area contributed by atoms with E-state index in [-0.39, 0.29) is 5.97 Å². The van der Waals surface area contributed by atoms with Gasteiger partial charge in [0.05, 0.1) is 0 Å². The first-order valence-electron chi connectivity index (χ1n) is 9.57. The Bertz CT molecular complexity index is 309. The molecule has 138 valence electrons. The van der Waals surface area contributed by atoms with Gasteiger partial charge in [-0.25, -0.2) is 0 Å². The summed E-state index contributed by atoms with van der Waals surface area (Å²) in [7, 11) is -2.74. The molecule has 5 heteroatoms. The molecule has 23 heavy (non-hydrogen) atoms. The lowest BCUT2D eigenvalue weighted by molar-refractivity contribution is -0.135. The lowest BCUT2D eigenvalue weighted by Crippen LogP contribution is -2.41. The van der Waals surface area contributed by atoms with Gasteiger partial charge >= 0.3 is 0 Å². The fraction of sp³-hybridized carbons (Fsp3) is 0.944. The molecule has 0 aliphatic heterocycles. The van der Waals surface area contributed by atoms with E-state index >= 15 is 0 Å². The molecule has 0 atom stereocenters. The molecule has 3 nitrogen and oxygen atoms in total. The summed E-state index contributed by atoms with van der Waals surface area (Å²) < 4.78 is 5.45. The van der Waals surface area contributed by atoms with Crippen molar-refractivity contribution in [1.82, 2.24) is 4.98 Å². The summed E-state index contributed by atoms with van der Waals surface area (Å²) in [6.45, 7) is 14.5. The van der Waals surface area contributed by atoms with Crippen LogP contribution in [0.5, 0.6) is 0 Å². The predicted molar refractivity (Wildman–Crippen MR) is 107 cm³/mol. The number of carbonyl (C=O) groups excluding carboxylic acids is 1. The van der Waals surface area contributed by atoms with Crippen molar-refractivity contribution in [2.75, 3.05) is 6.54 Å². The van der Waals surface area contributed by atoms with Crippen LogP contribution in [0.2, 0.25) is 39.3 Å². The fourth-order valence-corrected chi connectivity index (χ4v) is 4.20. The first-order valence-corrected chi connectivity index (χ1v) is 16.5. The van der Waals surface area contributed by atoms with Gasteiger partial charge in [0.2, 0.25) is 8.32 Å². The summed E-state index contributed by atoms with van der Waals surface area (Å²) in [4.78, 5) is 15.3. The average Bonchev–Trinajstić information content (AvgIpc) is 2.36. The minimum absolute atomic E-state index is 0.0103. The Balaban J connectivity index is 3.24. The molecule has 0 aromatic carbocycles. The predicted octanol–water partition coefficient (Wildman–Crippen LogP) is 5.69. The lowest BCUT2D eigenvalue weighted by atomic mass is 10.1. The molecular weight excluding hydrogens is 318 g/mol. The molecule has 0 heterocycles. The van der Waals surface area contributed by atoms with Gasteiger partial charge in [0.25, 0.3) is 5.97 Å². The topological polar surface area (TPSA) is 38.3 Å². The van der Waals surface area contributed by atoms with Gasteiger partial charge < -0.3 is 9.41 Å². The van der Waals surface area contributed by atoms with Gasteiger partial charge in [0, 0.05) is 6.42 Å². The van der Waals surface area contributed by atoms with E-state index in [9.17, 15) is 4.79 Å². The molecular formula is C18H41NO2Si2. The molecule has 0 bridgehead atoms. The zero-order valence-corrected chi connectivity index (χ0v) is 18.6. The molecule has 0 amide bonds. The van der Waals surface area contributed by atoms with Crippen molar-refractivity contribution in [1.29, 1.82) is 0 Å². The molecule has 0 aliphatic carbocycles. The Kier molecular flexibility index (Phi) is 12.2. The zero-order chi connectivity index (χ0) is 17.8. The number of rotatable bonds is 14. The molecule has 1 N–H and O–H groups in total. The molecule has 0 aliphatic rings. The molecule has 0 aromatic heterocycles. The van der Waals surface area contributed by atoms with Crippen molar-refractivity contribution in [3.8, 4) is 0 Å². The van der Waals surface area contributed by atoms with E-state index in [2.05, 4.69) is 44.3 Å². The van der Waals surface area contributed by atoms with Crippen molar-refractivity contribution < 1.29 is 9.22 Å². The first kappa shape index (κ1) is 22.9. The Morgan fingerprint density at radius 2 is 1.17 bits per heavy atom. The molecule has 0 saturated carbocycles. The lowest BCUT2D eigenvalue weighted by Gasteiger charge is -2.17. The largest absolute Gasteiger partial charge is 0.520 e. The van der Waals surface area contributed by atoms with E-state index in [4.69, 9.17) is 4.43 Å². The van der Waals surface area contributed by atoms with Gasteiger partial charge in [0.15, 0.2) is 0 Å². The molecule has 0 unspecified atom stereocenters. The average molecular weight is 360 g/mol. The van der Waals surface area contributed by atoms with Gasteiger partial charge in [-0.2, -0.15) is 0 Å². The van der Waals surface area contributed by atoms with Crippen molar-refractivity contribution in [3.05, 3.63) is 0 Å².